The molecule has 2 N–H and O–H groups in total. The van der Waals surface area contributed by atoms with E-state index >= 15 is 0 Å². The summed E-state index contributed by atoms with van der Waals surface area (Å²) in [6.07, 6.45) is 11.3. The lowest BCUT2D eigenvalue weighted by Gasteiger charge is -2.29. The van der Waals surface area contributed by atoms with Crippen LogP contribution in [0.4, 0.5) is 0 Å². The third-order valence-electron chi connectivity index (χ3n) is 7.75. The van der Waals surface area contributed by atoms with Crippen LogP contribution in [0.5, 0.6) is 0 Å². The number of allylic oxidation sites excluding steroid dienone is 4. The number of piperidine rings is 1. The Morgan fingerprint density at radius 2 is 1.82 bits per heavy atom. The number of nitrogens with one attached hydrogen (secondary N) is 1. The van der Waals surface area contributed by atoms with Crippen molar-refractivity contribution in [2.45, 2.75) is 44.9 Å². The van der Waals surface area contributed by atoms with Crippen molar-refractivity contribution in [3.8, 4) is 0 Å². The molecule has 1 saturated heterocycles. The maximum absolute atomic E-state index is 13.0. The Morgan fingerprint density at radius 3 is 2.62 bits per heavy atom. The van der Waals surface area contributed by atoms with Gasteiger partial charge >= 0.3 is 0 Å². The van der Waals surface area contributed by atoms with Crippen LogP contribution in [0.2, 0.25) is 5.02 Å². The van der Waals surface area contributed by atoms with Gasteiger partial charge in [-0.2, -0.15) is 5.10 Å². The van der Waals surface area contributed by atoms with Gasteiger partial charge in [-0.05, 0) is 65.3 Å². The number of carbonyl (C=O) groups excluding carboxylic acids is 2. The summed E-state index contributed by atoms with van der Waals surface area (Å²) in [5.74, 6) is -0.211. The summed E-state index contributed by atoms with van der Waals surface area (Å²) in [5.41, 5.74) is 7.32. The summed E-state index contributed by atoms with van der Waals surface area (Å²) < 4.78 is 1.71. The Bertz CT molecular complexity index is 1540. The van der Waals surface area contributed by atoms with Crippen molar-refractivity contribution in [3.05, 3.63) is 117 Å². The number of hydrogen-bond acceptors (Lipinski definition) is 5. The Kier molecular flexibility index (Phi) is 7.52. The number of aliphatic hydroxyl groups excluding tert-OH is 1. The van der Waals surface area contributed by atoms with E-state index in [1.165, 1.54) is 11.1 Å². The minimum Gasteiger partial charge on any atom is -0.393 e. The molecule has 2 aliphatic carbocycles. The monoisotopic (exact) mass is 554 g/mol. The third-order valence-corrected chi connectivity index (χ3v) is 8.00. The van der Waals surface area contributed by atoms with Crippen LogP contribution < -0.4 is 5.32 Å². The Balaban J connectivity index is 1.11. The molecule has 7 nitrogen and oxygen atoms in total. The van der Waals surface area contributed by atoms with Gasteiger partial charge in [0.2, 0.25) is 0 Å². The normalized spacial score (nSPS) is 17.8. The smallest absolute Gasteiger partial charge is 0.258 e. The van der Waals surface area contributed by atoms with Crippen molar-refractivity contribution in [2.24, 2.45) is 0 Å². The summed E-state index contributed by atoms with van der Waals surface area (Å²) in [5, 5.41) is 17.7. The highest BCUT2D eigenvalue weighted by Gasteiger charge is 2.24. The van der Waals surface area contributed by atoms with E-state index < -0.39 is 0 Å². The molecule has 6 rings (SSSR count). The molecule has 3 aliphatic rings. The molecule has 3 aromatic rings. The first-order valence-corrected chi connectivity index (χ1v) is 14.0. The van der Waals surface area contributed by atoms with E-state index in [0.29, 0.717) is 34.8 Å². The number of nitrogens with zero attached hydrogens (tertiary/aromatic N) is 3. The van der Waals surface area contributed by atoms with E-state index in [-0.39, 0.29) is 24.2 Å². The average Bonchev–Trinajstić information content (AvgIpc) is 3.59. The lowest BCUT2D eigenvalue weighted by molar-refractivity contribution is -0.114. The fraction of sp³-hybridized carbons (Fsp3) is 0.281. The first-order chi connectivity index (χ1) is 19.4. The molecular formula is C32H31ClN4O3. The topological polar surface area (TPSA) is 87.5 Å². The minimum absolute atomic E-state index is 0.0555. The second-order valence-electron chi connectivity index (χ2n) is 10.7. The van der Waals surface area contributed by atoms with Crippen molar-refractivity contribution < 1.29 is 14.7 Å². The summed E-state index contributed by atoms with van der Waals surface area (Å²) in [7, 11) is 0. The van der Waals surface area contributed by atoms with Crippen molar-refractivity contribution in [2.75, 3.05) is 13.1 Å². The molecule has 1 aliphatic heterocycles. The number of carbonyl (C=O) groups is 2. The van der Waals surface area contributed by atoms with Crippen LogP contribution in [-0.2, 0) is 24.3 Å². The third kappa shape index (κ3) is 6.02. The van der Waals surface area contributed by atoms with Crippen LogP contribution in [-0.4, -0.2) is 50.7 Å². The Labute approximate surface area is 238 Å². The molecule has 0 saturated carbocycles. The molecule has 40 heavy (non-hydrogen) atoms. The largest absolute Gasteiger partial charge is 0.393 e. The molecule has 1 amide bonds. The van der Waals surface area contributed by atoms with Gasteiger partial charge in [-0.25, -0.2) is 0 Å². The lowest BCUT2D eigenvalue weighted by Crippen LogP contribution is -2.35. The summed E-state index contributed by atoms with van der Waals surface area (Å²) >= 11 is 5.96. The number of likely N-dealkylation sites (tertiary alicyclic amines) is 1. The molecule has 2 heterocycles. The van der Waals surface area contributed by atoms with Crippen molar-refractivity contribution in [1.29, 1.82) is 0 Å². The van der Waals surface area contributed by atoms with Gasteiger partial charge in [-0.15, -0.1) is 0 Å². The minimum atomic E-state index is -0.267. The van der Waals surface area contributed by atoms with E-state index in [2.05, 4.69) is 39.6 Å². The molecule has 2 aromatic carbocycles. The number of amides is 1. The molecule has 0 unspecified atom stereocenters. The molecule has 1 fully saturated rings. The standard InChI is InChI=1S/C32H31ClN4O3/c33-27-5-2-21(3-6-27)19-37-20-26(17-34-37)32(40)35-28-7-8-31(39)30(16-28)25-14-23-4-1-22(13-24(23)15-25)18-36-11-9-29(38)10-12-36/h1-7,13,15-17,20,29,38H,8-12,14,18-19H2,(H,35,40). The fourth-order valence-electron chi connectivity index (χ4n) is 5.50. The Hall–Kier alpha value is -3.78. The summed E-state index contributed by atoms with van der Waals surface area (Å²) in [6.45, 7) is 3.21. The average molecular weight is 555 g/mol. The molecule has 1 aromatic heterocycles. The van der Waals surface area contributed by atoms with Gasteiger partial charge in [-0.3, -0.25) is 19.2 Å². The van der Waals surface area contributed by atoms with Gasteiger partial charge in [0.1, 0.15) is 0 Å². The SMILES string of the molecule is O=C1CC=C(NC(=O)c2cnn(Cc3ccc(Cl)cc3)c2)C=C1C1=Cc2cc(CN3CCC(O)CC3)ccc2C1. The predicted octanol–water partition coefficient (Wildman–Crippen LogP) is 4.69. The maximum Gasteiger partial charge on any atom is 0.258 e. The van der Waals surface area contributed by atoms with Gasteiger partial charge in [0.05, 0.1) is 24.4 Å². The lowest BCUT2D eigenvalue weighted by atomic mass is 9.93. The van der Waals surface area contributed by atoms with Gasteiger partial charge in [-0.1, -0.05) is 54.1 Å². The predicted molar refractivity (Wildman–Crippen MR) is 155 cm³/mol. The number of hydrogen-bond donors (Lipinski definition) is 2. The molecule has 0 atom stereocenters. The second-order valence-corrected chi connectivity index (χ2v) is 11.2. The Morgan fingerprint density at radius 1 is 1.05 bits per heavy atom. The highest BCUT2D eigenvalue weighted by Crippen LogP contribution is 2.33. The molecule has 0 radical (unpaired) electrons. The first-order valence-electron chi connectivity index (χ1n) is 13.7. The zero-order chi connectivity index (χ0) is 27.6. The van der Waals surface area contributed by atoms with E-state index in [1.54, 1.807) is 29.2 Å². The first kappa shape index (κ1) is 26.4. The fourth-order valence-corrected chi connectivity index (χ4v) is 5.63. The van der Waals surface area contributed by atoms with Crippen LogP contribution in [0.3, 0.4) is 0 Å². The zero-order valence-electron chi connectivity index (χ0n) is 22.1. The number of Topliss-reactive ketones (excluding diaryl/α,β-unsaturated/α-hetero) is 1. The number of ketones is 1. The summed E-state index contributed by atoms with van der Waals surface area (Å²) in [6, 6.07) is 14.0. The van der Waals surface area contributed by atoms with E-state index in [9.17, 15) is 14.7 Å². The van der Waals surface area contributed by atoms with E-state index in [0.717, 1.165) is 49.2 Å². The number of rotatable bonds is 7. The molecule has 8 heteroatoms. The van der Waals surface area contributed by atoms with Crippen molar-refractivity contribution in [3.63, 3.8) is 0 Å². The summed E-state index contributed by atoms with van der Waals surface area (Å²) in [4.78, 5) is 28.2. The number of halogens is 1. The zero-order valence-corrected chi connectivity index (χ0v) is 22.9. The second kappa shape index (κ2) is 11.4. The molecular weight excluding hydrogens is 524 g/mol. The number of aromatic nitrogens is 2. The van der Waals surface area contributed by atoms with E-state index in [1.807, 2.05) is 24.3 Å². The van der Waals surface area contributed by atoms with Crippen LogP contribution in [0.25, 0.3) is 6.08 Å². The van der Waals surface area contributed by atoms with Crippen LogP contribution in [0, 0.1) is 0 Å². The molecule has 204 valence electrons. The highest BCUT2D eigenvalue weighted by molar-refractivity contribution is 6.30. The number of aliphatic hydroxyl groups is 1. The quantitative estimate of drug-likeness (QED) is 0.442. The van der Waals surface area contributed by atoms with Gasteiger partial charge in [0.15, 0.2) is 5.78 Å². The highest BCUT2D eigenvalue weighted by atomic mass is 35.5. The van der Waals surface area contributed by atoms with Crippen LogP contribution in [0.15, 0.2) is 83.9 Å². The number of fused-ring (bicyclic) bond motifs is 1. The van der Waals surface area contributed by atoms with Gasteiger partial charge in [0.25, 0.3) is 5.91 Å². The van der Waals surface area contributed by atoms with Crippen LogP contribution in [0.1, 0.15) is 51.9 Å². The van der Waals surface area contributed by atoms with Crippen molar-refractivity contribution >= 4 is 29.4 Å². The van der Waals surface area contributed by atoms with Gasteiger partial charge in [0, 0.05) is 48.5 Å². The molecule has 0 bridgehead atoms. The van der Waals surface area contributed by atoms with Crippen molar-refractivity contribution in [1.82, 2.24) is 20.0 Å². The van der Waals surface area contributed by atoms with Crippen LogP contribution >= 0.6 is 11.6 Å². The number of benzene rings is 2. The maximum atomic E-state index is 13.0. The van der Waals surface area contributed by atoms with Gasteiger partial charge < -0.3 is 10.4 Å². The molecule has 0 spiro atoms. The van der Waals surface area contributed by atoms with E-state index in [4.69, 9.17) is 11.6 Å².